The molecule has 1 aliphatic heterocycles. The fourth-order valence-corrected chi connectivity index (χ4v) is 3.98. The van der Waals surface area contributed by atoms with Crippen LogP contribution in [-0.4, -0.2) is 27.6 Å². The van der Waals surface area contributed by atoms with Gasteiger partial charge in [-0.3, -0.25) is 9.69 Å². The number of thiocarbonyl (C=S) groups is 1. The SMILES string of the molecule is CCc1ccc(-c2ccc(/C=C3\SC(=S)N(CCCC(=O)[O-])C3=O)o2)cc1. The second-order valence-corrected chi connectivity index (χ2v) is 7.74. The number of aliphatic carboxylic acids is 1. The Labute approximate surface area is 167 Å². The number of carboxylic acid groups (broad SMARTS) is 1. The first kappa shape index (κ1) is 19.4. The molecule has 1 aromatic heterocycles. The van der Waals surface area contributed by atoms with Crippen molar-refractivity contribution in [3.8, 4) is 11.3 Å². The summed E-state index contributed by atoms with van der Waals surface area (Å²) in [5, 5.41) is 10.5. The summed E-state index contributed by atoms with van der Waals surface area (Å²) in [6.45, 7) is 2.37. The molecule has 5 nitrogen and oxygen atoms in total. The molecule has 0 spiro atoms. The van der Waals surface area contributed by atoms with Crippen molar-refractivity contribution < 1.29 is 19.1 Å². The lowest BCUT2D eigenvalue weighted by atomic mass is 10.1. The summed E-state index contributed by atoms with van der Waals surface area (Å²) in [4.78, 5) is 24.9. The number of carboxylic acids is 1. The van der Waals surface area contributed by atoms with Gasteiger partial charge in [-0.1, -0.05) is 55.2 Å². The van der Waals surface area contributed by atoms with Gasteiger partial charge in [0.05, 0.1) is 4.91 Å². The van der Waals surface area contributed by atoms with Crippen molar-refractivity contribution in [2.75, 3.05) is 6.54 Å². The number of hydrogen-bond donors (Lipinski definition) is 0. The summed E-state index contributed by atoms with van der Waals surface area (Å²) in [6.07, 6.45) is 2.85. The van der Waals surface area contributed by atoms with Crippen LogP contribution >= 0.6 is 24.0 Å². The topological polar surface area (TPSA) is 73.6 Å². The van der Waals surface area contributed by atoms with Crippen molar-refractivity contribution in [3.63, 3.8) is 0 Å². The van der Waals surface area contributed by atoms with Crippen LogP contribution in [-0.2, 0) is 16.0 Å². The Balaban J connectivity index is 1.71. The highest BCUT2D eigenvalue weighted by Gasteiger charge is 2.31. The van der Waals surface area contributed by atoms with Crippen molar-refractivity contribution in [1.82, 2.24) is 4.90 Å². The van der Waals surface area contributed by atoms with Crippen molar-refractivity contribution >= 4 is 46.3 Å². The Kier molecular flexibility index (Phi) is 6.13. The first-order chi connectivity index (χ1) is 13.0. The molecule has 0 unspecified atom stereocenters. The number of hydrogen-bond acceptors (Lipinski definition) is 6. The van der Waals surface area contributed by atoms with E-state index < -0.39 is 5.97 Å². The quantitative estimate of drug-likeness (QED) is 0.525. The highest BCUT2D eigenvalue weighted by atomic mass is 32.2. The van der Waals surface area contributed by atoms with Gasteiger partial charge in [-0.05, 0) is 37.0 Å². The van der Waals surface area contributed by atoms with Gasteiger partial charge in [0.15, 0.2) is 0 Å². The number of rotatable bonds is 7. The predicted molar refractivity (Wildman–Crippen MR) is 108 cm³/mol. The van der Waals surface area contributed by atoms with Crippen LogP contribution < -0.4 is 5.11 Å². The Morgan fingerprint density at radius 2 is 2.00 bits per heavy atom. The van der Waals surface area contributed by atoms with Crippen LogP contribution in [0.25, 0.3) is 17.4 Å². The second-order valence-electron chi connectivity index (χ2n) is 6.06. The highest BCUT2D eigenvalue weighted by molar-refractivity contribution is 8.26. The number of carbonyl (C=O) groups is 2. The molecule has 1 aromatic carbocycles. The molecule has 7 heteroatoms. The molecule has 1 amide bonds. The first-order valence-electron chi connectivity index (χ1n) is 8.62. The maximum absolute atomic E-state index is 12.5. The maximum Gasteiger partial charge on any atom is 0.266 e. The zero-order chi connectivity index (χ0) is 19.4. The molecule has 0 bridgehead atoms. The van der Waals surface area contributed by atoms with E-state index in [2.05, 4.69) is 19.1 Å². The molecule has 1 saturated heterocycles. The fraction of sp³-hybridized carbons (Fsp3) is 0.250. The molecule has 0 aliphatic carbocycles. The maximum atomic E-state index is 12.5. The van der Waals surface area contributed by atoms with Crippen molar-refractivity contribution in [3.05, 3.63) is 52.6 Å². The van der Waals surface area contributed by atoms with Crippen LogP contribution in [0.2, 0.25) is 0 Å². The van der Waals surface area contributed by atoms with Crippen molar-refractivity contribution in [2.24, 2.45) is 0 Å². The fourth-order valence-electron chi connectivity index (χ4n) is 2.69. The predicted octanol–water partition coefficient (Wildman–Crippen LogP) is 3.24. The molecule has 2 aromatic rings. The van der Waals surface area contributed by atoms with Crippen LogP contribution in [0.1, 0.15) is 31.1 Å². The molecule has 140 valence electrons. The first-order valence-corrected chi connectivity index (χ1v) is 9.84. The Hall–Kier alpha value is -2.38. The van der Waals surface area contributed by atoms with Gasteiger partial charge >= 0.3 is 0 Å². The normalized spacial score (nSPS) is 15.7. The van der Waals surface area contributed by atoms with E-state index in [0.29, 0.717) is 21.4 Å². The number of amides is 1. The lowest BCUT2D eigenvalue weighted by molar-refractivity contribution is -0.305. The van der Waals surface area contributed by atoms with Gasteiger partial charge in [0.1, 0.15) is 15.8 Å². The Bertz CT molecular complexity index is 899. The monoisotopic (exact) mass is 400 g/mol. The average molecular weight is 401 g/mol. The van der Waals surface area contributed by atoms with Gasteiger partial charge in [0.2, 0.25) is 0 Å². The van der Waals surface area contributed by atoms with E-state index in [-0.39, 0.29) is 18.9 Å². The van der Waals surface area contributed by atoms with Crippen LogP contribution in [0.5, 0.6) is 0 Å². The van der Waals surface area contributed by atoms with Gasteiger partial charge in [-0.2, -0.15) is 0 Å². The minimum Gasteiger partial charge on any atom is -0.550 e. The van der Waals surface area contributed by atoms with Gasteiger partial charge in [0, 0.05) is 24.2 Å². The number of benzene rings is 1. The number of thioether (sulfide) groups is 1. The summed E-state index contributed by atoms with van der Waals surface area (Å²) in [7, 11) is 0. The smallest absolute Gasteiger partial charge is 0.266 e. The molecular formula is C20H18NO4S2-. The highest BCUT2D eigenvalue weighted by Crippen LogP contribution is 2.33. The zero-order valence-corrected chi connectivity index (χ0v) is 16.4. The standard InChI is InChI=1S/C20H19NO4S2/c1-2-13-5-7-14(8-6-13)16-10-9-15(25-16)12-17-19(24)21(20(26)27-17)11-3-4-18(22)23/h5-10,12H,2-4,11H2,1H3,(H,22,23)/p-1/b17-12-. The van der Waals surface area contributed by atoms with Crippen molar-refractivity contribution in [1.29, 1.82) is 0 Å². The van der Waals surface area contributed by atoms with Crippen LogP contribution in [0.15, 0.2) is 45.7 Å². The van der Waals surface area contributed by atoms with Crippen LogP contribution in [0.4, 0.5) is 0 Å². The van der Waals surface area contributed by atoms with Gasteiger partial charge in [0.25, 0.3) is 5.91 Å². The lowest BCUT2D eigenvalue weighted by Gasteiger charge is -2.14. The third-order valence-electron chi connectivity index (χ3n) is 4.18. The van der Waals surface area contributed by atoms with E-state index in [0.717, 1.165) is 17.7 Å². The third kappa shape index (κ3) is 4.67. The second kappa shape index (κ2) is 8.54. The molecule has 27 heavy (non-hydrogen) atoms. The molecule has 3 rings (SSSR count). The number of nitrogens with zero attached hydrogens (tertiary/aromatic N) is 1. The summed E-state index contributed by atoms with van der Waals surface area (Å²) >= 11 is 6.42. The number of aryl methyl sites for hydroxylation is 1. The minimum atomic E-state index is -1.13. The van der Waals surface area contributed by atoms with E-state index >= 15 is 0 Å². The molecule has 1 aliphatic rings. The molecule has 1 fully saturated rings. The largest absolute Gasteiger partial charge is 0.550 e. The molecule has 0 saturated carbocycles. The lowest BCUT2D eigenvalue weighted by Crippen LogP contribution is -2.30. The van der Waals surface area contributed by atoms with Crippen LogP contribution in [0, 0.1) is 0 Å². The third-order valence-corrected chi connectivity index (χ3v) is 5.56. The molecule has 0 radical (unpaired) electrons. The molecule has 2 heterocycles. The Morgan fingerprint density at radius 1 is 1.26 bits per heavy atom. The molecular weight excluding hydrogens is 382 g/mol. The molecule has 0 atom stereocenters. The van der Waals surface area contributed by atoms with E-state index in [1.54, 1.807) is 6.08 Å². The van der Waals surface area contributed by atoms with E-state index in [9.17, 15) is 14.7 Å². The van der Waals surface area contributed by atoms with E-state index in [1.165, 1.54) is 22.2 Å². The average Bonchev–Trinajstić information content (AvgIpc) is 3.22. The van der Waals surface area contributed by atoms with Crippen molar-refractivity contribution in [2.45, 2.75) is 26.2 Å². The van der Waals surface area contributed by atoms with Gasteiger partial charge < -0.3 is 14.3 Å². The summed E-state index contributed by atoms with van der Waals surface area (Å²) < 4.78 is 6.27. The van der Waals surface area contributed by atoms with Gasteiger partial charge in [-0.25, -0.2) is 0 Å². The zero-order valence-electron chi connectivity index (χ0n) is 14.8. The van der Waals surface area contributed by atoms with E-state index in [1.807, 2.05) is 24.3 Å². The molecule has 0 N–H and O–H groups in total. The Morgan fingerprint density at radius 3 is 2.67 bits per heavy atom. The van der Waals surface area contributed by atoms with E-state index in [4.69, 9.17) is 16.6 Å². The minimum absolute atomic E-state index is 0.103. The number of carbonyl (C=O) groups excluding carboxylic acids is 2. The summed E-state index contributed by atoms with van der Waals surface area (Å²) in [6, 6.07) is 11.8. The van der Waals surface area contributed by atoms with Crippen LogP contribution in [0.3, 0.4) is 0 Å². The number of furan rings is 1. The summed E-state index contributed by atoms with van der Waals surface area (Å²) in [5.74, 6) is -0.0622. The summed E-state index contributed by atoms with van der Waals surface area (Å²) in [5.41, 5.74) is 2.23. The van der Waals surface area contributed by atoms with Gasteiger partial charge in [-0.15, -0.1) is 0 Å².